The van der Waals surface area contributed by atoms with Crippen molar-refractivity contribution >= 4 is 33.6 Å². The number of ether oxygens (including phenoxy) is 3. The first-order valence-electron chi connectivity index (χ1n) is 40.1. The molecular formula is C85H144O16P2. The Labute approximate surface area is 626 Å². The molecule has 0 rings (SSSR count). The molecule has 0 saturated heterocycles. The molecule has 5 atom stereocenters. The number of aliphatic hydroxyl groups is 2. The number of rotatable bonds is 75. The van der Waals surface area contributed by atoms with Crippen molar-refractivity contribution < 1.29 is 75.8 Å². The molecule has 0 spiro atoms. The normalized spacial score (nSPS) is 14.7. The highest BCUT2D eigenvalue weighted by Crippen LogP contribution is 2.45. The maximum Gasteiger partial charge on any atom is 0.472 e. The highest BCUT2D eigenvalue weighted by atomic mass is 31.2. The van der Waals surface area contributed by atoms with Crippen molar-refractivity contribution in [2.45, 2.75) is 334 Å². The average molecular weight is 1480 g/mol. The topological polar surface area (TPSA) is 231 Å². The molecule has 0 aliphatic carbocycles. The Bertz CT molecular complexity index is 2450. The van der Waals surface area contributed by atoms with Crippen molar-refractivity contribution in [1.29, 1.82) is 0 Å². The summed E-state index contributed by atoms with van der Waals surface area (Å²) in [6, 6.07) is 0. The van der Waals surface area contributed by atoms with E-state index in [2.05, 4.69) is 167 Å². The number of esters is 3. The van der Waals surface area contributed by atoms with Gasteiger partial charge in [0.25, 0.3) is 0 Å². The summed E-state index contributed by atoms with van der Waals surface area (Å²) >= 11 is 0. The van der Waals surface area contributed by atoms with Crippen LogP contribution in [0.5, 0.6) is 0 Å². The zero-order valence-electron chi connectivity index (χ0n) is 64.4. The summed E-state index contributed by atoms with van der Waals surface area (Å²) in [5.41, 5.74) is 0. The van der Waals surface area contributed by atoms with Crippen LogP contribution >= 0.6 is 15.6 Å². The fourth-order valence-corrected chi connectivity index (χ4v) is 12.1. The van der Waals surface area contributed by atoms with Crippen molar-refractivity contribution in [1.82, 2.24) is 0 Å². The number of hydrogen-bond donors (Lipinski definition) is 4. The van der Waals surface area contributed by atoms with Gasteiger partial charge < -0.3 is 34.2 Å². The lowest BCUT2D eigenvalue weighted by molar-refractivity contribution is -0.161. The third-order valence-electron chi connectivity index (χ3n) is 16.5. The lowest BCUT2D eigenvalue weighted by atomic mass is 10.0. The molecule has 0 heterocycles. The molecule has 0 aliphatic heterocycles. The Hall–Kier alpha value is -4.57. The summed E-state index contributed by atoms with van der Waals surface area (Å²) in [6.45, 7) is 2.41. The Morgan fingerprint density at radius 2 is 0.515 bits per heavy atom. The number of phosphoric acid groups is 2. The summed E-state index contributed by atoms with van der Waals surface area (Å²) in [5.74, 6) is -1.60. The summed E-state index contributed by atoms with van der Waals surface area (Å²) in [5, 5.41) is 20.7. The molecule has 590 valence electrons. The zero-order valence-corrected chi connectivity index (χ0v) is 66.2. The number of carbonyl (C=O) groups excluding carboxylic acids is 3. The van der Waals surface area contributed by atoms with Crippen LogP contribution < -0.4 is 0 Å². The minimum atomic E-state index is -4.94. The SMILES string of the molecule is CC/C=C\C/C=C\C/C=C\C/C=C\C/C=C\CCCCCCCCCCCCCC(=O)OCC(O)COP(=O)(O)OCC(O)COP(=O)(O)OCC(COC(=O)CCCCCCCCC/C=C\C/C=C\C/C=C\C/C=C\CCCCC)OC(=O)CCCCCCCCC/C=C\C/C=C\C/C=C\CC. The first-order valence-corrected chi connectivity index (χ1v) is 43.1. The quantitative estimate of drug-likeness (QED) is 0.0146. The fourth-order valence-electron chi connectivity index (χ4n) is 10.5. The van der Waals surface area contributed by atoms with Crippen LogP contribution in [0.2, 0.25) is 0 Å². The van der Waals surface area contributed by atoms with Crippen LogP contribution in [0, 0.1) is 0 Å². The molecule has 16 nitrogen and oxygen atoms in total. The van der Waals surface area contributed by atoms with Crippen molar-refractivity contribution in [3.63, 3.8) is 0 Å². The standard InChI is InChI=1S/C85H144O16P2/c1-4-7-10-13-16-19-22-25-28-31-33-35-37-38-39-40-42-44-45-48-50-53-56-59-62-65-68-71-83(88)95-74-80(86)75-97-102(91,92)98-76-81(87)77-99-103(93,94)100-79-82(101-85(90)73-70-67-64-61-58-55-52-47-30-27-24-21-18-15-12-9-6-3)78-96-84(89)72-69-66-63-60-57-54-51-49-46-43-41-36-34-32-29-26-23-20-17-14-11-8-5-2/h7,9-10,12,16-21,25-30,33-36,38-39,43,46,80-82,86-87H,4-6,8,11,13-15,22-24,31-32,37,40-42,44-45,47-79H2,1-3H3,(H,91,92)(H,93,94)/b10-7-,12-9-,19-16-,20-17-,21-18-,28-25-,29-26-,30-27-,35-33-,36-34-,39-38-,46-43-. The van der Waals surface area contributed by atoms with E-state index in [1.165, 1.54) is 70.6 Å². The number of hydrogen-bond acceptors (Lipinski definition) is 14. The van der Waals surface area contributed by atoms with E-state index < -0.39 is 91.5 Å². The van der Waals surface area contributed by atoms with Gasteiger partial charge in [0.15, 0.2) is 6.10 Å². The van der Waals surface area contributed by atoms with Crippen molar-refractivity contribution in [3.8, 4) is 0 Å². The lowest BCUT2D eigenvalue weighted by Gasteiger charge is -2.21. The fraction of sp³-hybridized carbons (Fsp3) is 0.682. The Morgan fingerprint density at radius 3 is 0.816 bits per heavy atom. The maximum absolute atomic E-state index is 13.0. The predicted octanol–water partition coefficient (Wildman–Crippen LogP) is 23.7. The van der Waals surface area contributed by atoms with Gasteiger partial charge in [-0.15, -0.1) is 0 Å². The molecule has 0 aromatic carbocycles. The molecule has 4 N–H and O–H groups in total. The molecule has 5 unspecified atom stereocenters. The number of unbranched alkanes of at least 4 members (excludes halogenated alkanes) is 28. The molecular weight excluding hydrogens is 1340 g/mol. The smallest absolute Gasteiger partial charge is 0.463 e. The number of allylic oxidation sites excluding steroid dienone is 24. The number of carbonyl (C=O) groups is 3. The summed E-state index contributed by atoms with van der Waals surface area (Å²) in [6.07, 6.45) is 94.5. The highest BCUT2D eigenvalue weighted by molar-refractivity contribution is 7.47. The summed E-state index contributed by atoms with van der Waals surface area (Å²) in [7, 11) is -9.80. The van der Waals surface area contributed by atoms with Crippen molar-refractivity contribution in [3.05, 3.63) is 146 Å². The van der Waals surface area contributed by atoms with E-state index in [1.54, 1.807) is 0 Å². The zero-order chi connectivity index (χ0) is 75.2. The van der Waals surface area contributed by atoms with Crippen LogP contribution in [0.1, 0.15) is 316 Å². The van der Waals surface area contributed by atoms with Crippen LogP contribution in [0.15, 0.2) is 146 Å². The predicted molar refractivity (Wildman–Crippen MR) is 426 cm³/mol. The van der Waals surface area contributed by atoms with Crippen LogP contribution in [-0.2, 0) is 55.8 Å². The van der Waals surface area contributed by atoms with E-state index in [0.29, 0.717) is 19.3 Å². The number of aliphatic hydroxyl groups excluding tert-OH is 2. The molecule has 103 heavy (non-hydrogen) atoms. The first-order chi connectivity index (χ1) is 50.2. The van der Waals surface area contributed by atoms with Gasteiger partial charge in [-0.25, -0.2) is 9.13 Å². The van der Waals surface area contributed by atoms with E-state index >= 15 is 0 Å². The van der Waals surface area contributed by atoms with E-state index in [4.69, 9.17) is 32.3 Å². The minimum absolute atomic E-state index is 0.0872. The Kier molecular flexibility index (Phi) is 73.6. The minimum Gasteiger partial charge on any atom is -0.463 e. The van der Waals surface area contributed by atoms with Gasteiger partial charge in [0.2, 0.25) is 0 Å². The monoisotopic (exact) mass is 1480 g/mol. The highest BCUT2D eigenvalue weighted by Gasteiger charge is 2.29. The van der Waals surface area contributed by atoms with Gasteiger partial charge in [-0.2, -0.15) is 0 Å². The van der Waals surface area contributed by atoms with Crippen LogP contribution in [-0.4, -0.2) is 95.9 Å². The summed E-state index contributed by atoms with van der Waals surface area (Å²) in [4.78, 5) is 58.7. The third kappa shape index (κ3) is 78.3. The first kappa shape index (κ1) is 98.4. The molecule has 18 heteroatoms. The van der Waals surface area contributed by atoms with Gasteiger partial charge in [-0.1, -0.05) is 301 Å². The lowest BCUT2D eigenvalue weighted by Crippen LogP contribution is -2.30. The molecule has 0 aliphatic rings. The second-order valence-corrected chi connectivity index (χ2v) is 29.4. The van der Waals surface area contributed by atoms with Gasteiger partial charge >= 0.3 is 33.6 Å². The van der Waals surface area contributed by atoms with Gasteiger partial charge in [0, 0.05) is 19.3 Å². The Morgan fingerprint density at radius 1 is 0.282 bits per heavy atom. The van der Waals surface area contributed by atoms with Gasteiger partial charge in [0.1, 0.15) is 25.4 Å². The van der Waals surface area contributed by atoms with E-state index in [0.717, 1.165) is 186 Å². The molecule has 0 aromatic rings. The second-order valence-electron chi connectivity index (χ2n) is 26.5. The molecule has 0 amide bonds. The van der Waals surface area contributed by atoms with Gasteiger partial charge in [-0.3, -0.25) is 32.5 Å². The third-order valence-corrected chi connectivity index (χ3v) is 18.4. The second kappa shape index (κ2) is 77.1. The largest absolute Gasteiger partial charge is 0.472 e. The van der Waals surface area contributed by atoms with Crippen LogP contribution in [0.3, 0.4) is 0 Å². The maximum atomic E-state index is 13.0. The van der Waals surface area contributed by atoms with Crippen molar-refractivity contribution in [2.24, 2.45) is 0 Å². The van der Waals surface area contributed by atoms with Crippen LogP contribution in [0.25, 0.3) is 0 Å². The van der Waals surface area contributed by atoms with E-state index in [1.807, 2.05) is 0 Å². The molecule has 0 aromatic heterocycles. The molecule has 0 radical (unpaired) electrons. The van der Waals surface area contributed by atoms with E-state index in [-0.39, 0.29) is 19.3 Å². The van der Waals surface area contributed by atoms with Gasteiger partial charge in [-0.05, 0) is 141 Å². The van der Waals surface area contributed by atoms with E-state index in [9.17, 15) is 43.5 Å². The Balaban J connectivity index is 4.62. The molecule has 0 saturated carbocycles. The molecule has 0 bridgehead atoms. The average Bonchev–Trinajstić information content (AvgIpc) is 0.929. The number of phosphoric ester groups is 2. The van der Waals surface area contributed by atoms with Gasteiger partial charge in [0.05, 0.1) is 26.4 Å². The molecule has 0 fully saturated rings. The van der Waals surface area contributed by atoms with Crippen molar-refractivity contribution in [2.75, 3.05) is 39.6 Å². The van der Waals surface area contributed by atoms with Crippen LogP contribution in [0.4, 0.5) is 0 Å². The summed E-state index contributed by atoms with van der Waals surface area (Å²) < 4.78 is 61.2.